The van der Waals surface area contributed by atoms with Crippen LogP contribution in [0.1, 0.15) is 27.7 Å². The lowest BCUT2D eigenvalue weighted by molar-refractivity contribution is 0.0275. The summed E-state index contributed by atoms with van der Waals surface area (Å²) in [5.74, 6) is -0.997. The molecule has 0 aliphatic carbocycles. The van der Waals surface area contributed by atoms with Crippen molar-refractivity contribution in [2.75, 3.05) is 32.1 Å². The summed E-state index contributed by atoms with van der Waals surface area (Å²) in [7, 11) is 1.38. The highest BCUT2D eigenvalue weighted by Crippen LogP contribution is 2.24. The molecular formula is C18H17FN4O3. The first-order valence-electron chi connectivity index (χ1n) is 8.00. The van der Waals surface area contributed by atoms with Crippen molar-refractivity contribution in [1.82, 2.24) is 10.3 Å². The molecule has 0 radical (unpaired) electrons. The third kappa shape index (κ3) is 3.96. The van der Waals surface area contributed by atoms with Gasteiger partial charge in [0.25, 0.3) is 5.91 Å². The first-order valence-corrected chi connectivity index (χ1v) is 8.00. The second-order valence-corrected chi connectivity index (χ2v) is 5.65. The van der Waals surface area contributed by atoms with E-state index in [1.807, 2.05) is 6.07 Å². The van der Waals surface area contributed by atoms with Crippen LogP contribution in [0.4, 0.5) is 10.1 Å². The molecule has 1 aromatic heterocycles. The van der Waals surface area contributed by atoms with Gasteiger partial charge in [0.05, 0.1) is 25.5 Å². The second-order valence-electron chi connectivity index (χ2n) is 5.65. The molecule has 1 amide bonds. The molecule has 0 unspecified atom stereocenters. The number of ether oxygens (including phenoxy) is 2. The lowest BCUT2D eigenvalue weighted by atomic mass is 10.1. The molecule has 8 heteroatoms. The Kier molecular flexibility index (Phi) is 5.41. The van der Waals surface area contributed by atoms with Crippen molar-refractivity contribution >= 4 is 11.6 Å². The predicted molar refractivity (Wildman–Crippen MR) is 91.4 cm³/mol. The van der Waals surface area contributed by atoms with Crippen molar-refractivity contribution in [2.24, 2.45) is 0 Å². The van der Waals surface area contributed by atoms with Crippen LogP contribution in [0.3, 0.4) is 0 Å². The van der Waals surface area contributed by atoms with Gasteiger partial charge in [-0.1, -0.05) is 6.07 Å². The summed E-state index contributed by atoms with van der Waals surface area (Å²) in [6.07, 6.45) is -0.217. The van der Waals surface area contributed by atoms with Crippen LogP contribution in [0.5, 0.6) is 5.88 Å². The summed E-state index contributed by atoms with van der Waals surface area (Å²) >= 11 is 0. The van der Waals surface area contributed by atoms with E-state index in [0.29, 0.717) is 18.7 Å². The standard InChI is InChI=1S/C18H17FN4O3/c1-25-17-8-12(6-13(9-20)22-17)18(24)23-15-3-2-11(7-14(15)19)16-10-21-4-5-26-16/h2-3,6-8,16,21H,4-5,10H2,1H3,(H,23,24)/t16-/m1/s1. The van der Waals surface area contributed by atoms with Gasteiger partial charge < -0.3 is 20.1 Å². The maximum atomic E-state index is 14.4. The number of methoxy groups -OCH3 is 1. The zero-order valence-corrected chi connectivity index (χ0v) is 14.1. The van der Waals surface area contributed by atoms with Crippen LogP contribution in [0, 0.1) is 17.1 Å². The number of benzene rings is 1. The molecule has 1 aliphatic rings. The van der Waals surface area contributed by atoms with Gasteiger partial charge >= 0.3 is 0 Å². The van der Waals surface area contributed by atoms with Crippen molar-refractivity contribution in [1.29, 1.82) is 5.26 Å². The number of nitriles is 1. The maximum absolute atomic E-state index is 14.4. The largest absolute Gasteiger partial charge is 0.481 e. The normalized spacial score (nSPS) is 16.6. The summed E-state index contributed by atoms with van der Waals surface area (Å²) < 4.78 is 25.0. The van der Waals surface area contributed by atoms with Crippen molar-refractivity contribution in [3.63, 3.8) is 0 Å². The molecule has 0 saturated carbocycles. The quantitative estimate of drug-likeness (QED) is 0.870. The number of carbonyl (C=O) groups excluding carboxylic acids is 1. The van der Waals surface area contributed by atoms with Crippen molar-refractivity contribution in [3.05, 3.63) is 53.0 Å². The van der Waals surface area contributed by atoms with Crippen LogP contribution in [0.25, 0.3) is 0 Å². The first-order chi connectivity index (χ1) is 12.6. The number of aromatic nitrogens is 1. The monoisotopic (exact) mass is 356 g/mol. The van der Waals surface area contributed by atoms with Gasteiger partial charge in [0.1, 0.15) is 17.6 Å². The molecule has 134 valence electrons. The van der Waals surface area contributed by atoms with E-state index in [-0.39, 0.29) is 28.9 Å². The number of nitrogens with zero attached hydrogens (tertiary/aromatic N) is 2. The molecule has 2 heterocycles. The number of nitrogens with one attached hydrogen (secondary N) is 2. The van der Waals surface area contributed by atoms with Crippen LogP contribution < -0.4 is 15.4 Å². The van der Waals surface area contributed by atoms with Crippen LogP contribution in [0.2, 0.25) is 0 Å². The van der Waals surface area contributed by atoms with E-state index in [1.54, 1.807) is 6.07 Å². The molecule has 3 rings (SSSR count). The Hall–Kier alpha value is -3.02. The number of halogens is 1. The SMILES string of the molecule is COc1cc(C(=O)Nc2ccc([C@H]3CNCCO3)cc2F)cc(C#N)n1. The Balaban J connectivity index is 1.78. The second kappa shape index (κ2) is 7.91. The average molecular weight is 356 g/mol. The Labute approximate surface area is 149 Å². The van der Waals surface area contributed by atoms with Gasteiger partial charge in [-0.15, -0.1) is 0 Å². The van der Waals surface area contributed by atoms with Gasteiger partial charge in [-0.2, -0.15) is 5.26 Å². The summed E-state index contributed by atoms with van der Waals surface area (Å²) in [4.78, 5) is 16.3. The molecular weight excluding hydrogens is 339 g/mol. The molecule has 1 aromatic carbocycles. The minimum Gasteiger partial charge on any atom is -0.481 e. The zero-order chi connectivity index (χ0) is 18.5. The number of carbonyl (C=O) groups is 1. The molecule has 26 heavy (non-hydrogen) atoms. The van der Waals surface area contributed by atoms with Gasteiger partial charge in [-0.05, 0) is 23.8 Å². The number of rotatable bonds is 4. The van der Waals surface area contributed by atoms with E-state index in [4.69, 9.17) is 14.7 Å². The third-order valence-corrected chi connectivity index (χ3v) is 3.93. The number of anilines is 1. The number of pyridine rings is 1. The molecule has 2 N–H and O–H groups in total. The van der Waals surface area contributed by atoms with Gasteiger partial charge in [0.2, 0.25) is 5.88 Å². The van der Waals surface area contributed by atoms with Gasteiger partial charge in [-0.25, -0.2) is 9.37 Å². The Bertz CT molecular complexity index is 860. The predicted octanol–water partition coefficient (Wildman–Crippen LogP) is 2.01. The van der Waals surface area contributed by atoms with Crippen LogP contribution >= 0.6 is 0 Å². The third-order valence-electron chi connectivity index (χ3n) is 3.93. The highest BCUT2D eigenvalue weighted by molar-refractivity contribution is 6.04. The van der Waals surface area contributed by atoms with E-state index < -0.39 is 11.7 Å². The summed E-state index contributed by atoms with van der Waals surface area (Å²) in [6.45, 7) is 1.95. The van der Waals surface area contributed by atoms with E-state index in [2.05, 4.69) is 15.6 Å². The molecule has 0 spiro atoms. The average Bonchev–Trinajstić information content (AvgIpc) is 2.69. The smallest absolute Gasteiger partial charge is 0.256 e. The molecule has 1 aliphatic heterocycles. The Morgan fingerprint density at radius 1 is 1.46 bits per heavy atom. The van der Waals surface area contributed by atoms with Crippen LogP contribution in [0.15, 0.2) is 30.3 Å². The van der Waals surface area contributed by atoms with Crippen LogP contribution in [-0.2, 0) is 4.74 Å². The zero-order valence-electron chi connectivity index (χ0n) is 14.1. The Morgan fingerprint density at radius 2 is 2.31 bits per heavy atom. The molecule has 2 aromatic rings. The maximum Gasteiger partial charge on any atom is 0.256 e. The van der Waals surface area contributed by atoms with E-state index >= 15 is 0 Å². The van der Waals surface area contributed by atoms with E-state index in [0.717, 1.165) is 6.54 Å². The highest BCUT2D eigenvalue weighted by Gasteiger charge is 2.18. The fourth-order valence-corrected chi connectivity index (χ4v) is 2.61. The highest BCUT2D eigenvalue weighted by atomic mass is 19.1. The molecule has 7 nitrogen and oxygen atoms in total. The Morgan fingerprint density at radius 3 is 2.96 bits per heavy atom. The first kappa shape index (κ1) is 17.8. The fraction of sp³-hybridized carbons (Fsp3) is 0.278. The lowest BCUT2D eigenvalue weighted by Crippen LogP contribution is -2.33. The summed E-state index contributed by atoms with van der Waals surface area (Å²) in [6, 6.07) is 9.09. The van der Waals surface area contributed by atoms with Crippen molar-refractivity contribution < 1.29 is 18.7 Å². The number of morpholine rings is 1. The summed E-state index contributed by atoms with van der Waals surface area (Å²) in [5.41, 5.74) is 0.922. The minimum absolute atomic E-state index is 0.0345. The van der Waals surface area contributed by atoms with Crippen LogP contribution in [-0.4, -0.2) is 37.7 Å². The summed E-state index contributed by atoms with van der Waals surface area (Å²) in [5, 5.41) is 14.7. The lowest BCUT2D eigenvalue weighted by Gasteiger charge is -2.24. The number of amides is 1. The molecule has 1 saturated heterocycles. The van der Waals surface area contributed by atoms with E-state index in [1.165, 1.54) is 31.4 Å². The topological polar surface area (TPSA) is 96.3 Å². The van der Waals surface area contributed by atoms with Gasteiger partial charge in [0.15, 0.2) is 0 Å². The number of hydrogen-bond acceptors (Lipinski definition) is 6. The molecule has 1 atom stereocenters. The minimum atomic E-state index is -0.565. The van der Waals surface area contributed by atoms with E-state index in [9.17, 15) is 9.18 Å². The van der Waals surface area contributed by atoms with Crippen molar-refractivity contribution in [3.8, 4) is 11.9 Å². The van der Waals surface area contributed by atoms with Crippen molar-refractivity contribution in [2.45, 2.75) is 6.10 Å². The van der Waals surface area contributed by atoms with Gasteiger partial charge in [0, 0.05) is 24.7 Å². The van der Waals surface area contributed by atoms with Gasteiger partial charge in [-0.3, -0.25) is 4.79 Å². The fourth-order valence-electron chi connectivity index (χ4n) is 2.61. The molecule has 1 fully saturated rings. The molecule has 0 bridgehead atoms. The number of hydrogen-bond donors (Lipinski definition) is 2.